The van der Waals surface area contributed by atoms with E-state index in [1.54, 1.807) is 16.7 Å². The standard InChI is InChI=1S/C13H17NO2S/c15-11-6-8-14(10-11)13(16)7-9-17-12-4-2-1-3-5-12/h1-5,11,15H,6-10H2. The molecule has 1 saturated heterocycles. The van der Waals surface area contributed by atoms with E-state index in [1.807, 2.05) is 18.2 Å². The van der Waals surface area contributed by atoms with Gasteiger partial charge in [0.2, 0.25) is 5.91 Å². The molecule has 1 atom stereocenters. The number of hydrogen-bond acceptors (Lipinski definition) is 3. The summed E-state index contributed by atoms with van der Waals surface area (Å²) < 4.78 is 0. The first-order chi connectivity index (χ1) is 8.25. The van der Waals surface area contributed by atoms with Gasteiger partial charge in [-0.15, -0.1) is 11.8 Å². The quantitative estimate of drug-likeness (QED) is 0.829. The predicted molar refractivity (Wildman–Crippen MR) is 69.0 cm³/mol. The van der Waals surface area contributed by atoms with Gasteiger partial charge < -0.3 is 10.0 Å². The van der Waals surface area contributed by atoms with Gasteiger partial charge in [-0.1, -0.05) is 18.2 Å². The fourth-order valence-corrected chi connectivity index (χ4v) is 2.76. The lowest BCUT2D eigenvalue weighted by molar-refractivity contribution is -0.130. The zero-order valence-electron chi connectivity index (χ0n) is 9.71. The number of aliphatic hydroxyl groups is 1. The van der Waals surface area contributed by atoms with E-state index in [0.717, 1.165) is 12.2 Å². The number of benzene rings is 1. The molecule has 1 heterocycles. The molecule has 1 N–H and O–H groups in total. The highest BCUT2D eigenvalue weighted by molar-refractivity contribution is 7.99. The Hall–Kier alpha value is -1.00. The second kappa shape index (κ2) is 6.07. The zero-order valence-corrected chi connectivity index (χ0v) is 10.5. The molecule has 0 bridgehead atoms. The fourth-order valence-electron chi connectivity index (χ4n) is 1.90. The number of nitrogens with zero attached hydrogens (tertiary/aromatic N) is 1. The van der Waals surface area contributed by atoms with Crippen LogP contribution in [0, 0.1) is 0 Å². The van der Waals surface area contributed by atoms with Gasteiger partial charge in [0.05, 0.1) is 6.10 Å². The topological polar surface area (TPSA) is 40.5 Å². The molecule has 1 amide bonds. The molecule has 4 heteroatoms. The Kier molecular flexibility index (Phi) is 4.45. The van der Waals surface area contributed by atoms with Gasteiger partial charge in [0, 0.05) is 30.2 Å². The first-order valence-electron chi connectivity index (χ1n) is 5.89. The number of aliphatic hydroxyl groups excluding tert-OH is 1. The monoisotopic (exact) mass is 251 g/mol. The summed E-state index contributed by atoms with van der Waals surface area (Å²) in [6, 6.07) is 10.1. The van der Waals surface area contributed by atoms with Gasteiger partial charge in [0.25, 0.3) is 0 Å². The fraction of sp³-hybridized carbons (Fsp3) is 0.462. The Bertz CT molecular complexity index is 369. The summed E-state index contributed by atoms with van der Waals surface area (Å²) in [5, 5.41) is 9.35. The van der Waals surface area contributed by atoms with Crippen molar-refractivity contribution in [2.45, 2.75) is 23.8 Å². The Labute approximate surface area is 106 Å². The van der Waals surface area contributed by atoms with Crippen molar-refractivity contribution in [2.75, 3.05) is 18.8 Å². The molecule has 92 valence electrons. The summed E-state index contributed by atoms with van der Waals surface area (Å²) in [4.78, 5) is 14.7. The van der Waals surface area contributed by atoms with Crippen LogP contribution in [0.15, 0.2) is 35.2 Å². The molecule has 1 aliphatic heterocycles. The van der Waals surface area contributed by atoms with E-state index in [0.29, 0.717) is 19.5 Å². The summed E-state index contributed by atoms with van der Waals surface area (Å²) >= 11 is 1.70. The van der Waals surface area contributed by atoms with Gasteiger partial charge in [-0.2, -0.15) is 0 Å². The van der Waals surface area contributed by atoms with Crippen LogP contribution in [0.3, 0.4) is 0 Å². The molecule has 1 aromatic carbocycles. The summed E-state index contributed by atoms with van der Waals surface area (Å²) in [5.74, 6) is 0.958. The maximum atomic E-state index is 11.8. The predicted octanol–water partition coefficient (Wildman–Crippen LogP) is 1.76. The van der Waals surface area contributed by atoms with Crippen LogP contribution in [0.5, 0.6) is 0 Å². The van der Waals surface area contributed by atoms with E-state index in [1.165, 1.54) is 4.90 Å². The Morgan fingerprint density at radius 3 is 2.82 bits per heavy atom. The first-order valence-corrected chi connectivity index (χ1v) is 6.88. The number of hydrogen-bond donors (Lipinski definition) is 1. The average molecular weight is 251 g/mol. The SMILES string of the molecule is O=C(CCSc1ccccc1)N1CCC(O)C1. The zero-order chi connectivity index (χ0) is 12.1. The second-order valence-corrected chi connectivity index (χ2v) is 5.36. The minimum Gasteiger partial charge on any atom is -0.391 e. The van der Waals surface area contributed by atoms with Crippen molar-refractivity contribution in [1.82, 2.24) is 4.90 Å². The van der Waals surface area contributed by atoms with E-state index in [-0.39, 0.29) is 12.0 Å². The van der Waals surface area contributed by atoms with E-state index in [9.17, 15) is 9.90 Å². The van der Waals surface area contributed by atoms with Crippen molar-refractivity contribution in [2.24, 2.45) is 0 Å². The minimum absolute atomic E-state index is 0.157. The van der Waals surface area contributed by atoms with E-state index < -0.39 is 0 Å². The molecular weight excluding hydrogens is 234 g/mol. The molecule has 0 aliphatic carbocycles. The van der Waals surface area contributed by atoms with E-state index >= 15 is 0 Å². The highest BCUT2D eigenvalue weighted by Crippen LogP contribution is 2.19. The van der Waals surface area contributed by atoms with Crippen LogP contribution in [0.2, 0.25) is 0 Å². The average Bonchev–Trinajstić information content (AvgIpc) is 2.77. The van der Waals surface area contributed by atoms with Crippen molar-refractivity contribution >= 4 is 17.7 Å². The first kappa shape index (κ1) is 12.5. The molecule has 1 unspecified atom stereocenters. The number of likely N-dealkylation sites (tertiary alicyclic amines) is 1. The number of thioether (sulfide) groups is 1. The molecule has 1 fully saturated rings. The van der Waals surface area contributed by atoms with Gasteiger partial charge in [0.15, 0.2) is 0 Å². The van der Waals surface area contributed by atoms with Gasteiger partial charge in [-0.3, -0.25) is 4.79 Å². The molecule has 0 spiro atoms. The second-order valence-electron chi connectivity index (χ2n) is 4.19. The van der Waals surface area contributed by atoms with Gasteiger partial charge >= 0.3 is 0 Å². The molecule has 1 aromatic rings. The number of rotatable bonds is 4. The number of amides is 1. The summed E-state index contributed by atoms with van der Waals surface area (Å²) in [7, 11) is 0. The van der Waals surface area contributed by atoms with Crippen molar-refractivity contribution in [3.05, 3.63) is 30.3 Å². The molecular formula is C13H17NO2S. The van der Waals surface area contributed by atoms with Crippen molar-refractivity contribution in [1.29, 1.82) is 0 Å². The molecule has 0 radical (unpaired) electrons. The summed E-state index contributed by atoms with van der Waals surface area (Å²) in [5.41, 5.74) is 0. The molecule has 0 saturated carbocycles. The van der Waals surface area contributed by atoms with Gasteiger partial charge in [-0.05, 0) is 18.6 Å². The third-order valence-electron chi connectivity index (χ3n) is 2.84. The van der Waals surface area contributed by atoms with Crippen molar-refractivity contribution < 1.29 is 9.90 Å². The Balaban J connectivity index is 1.70. The molecule has 3 nitrogen and oxygen atoms in total. The van der Waals surface area contributed by atoms with Crippen molar-refractivity contribution in [3.8, 4) is 0 Å². The third kappa shape index (κ3) is 3.75. The van der Waals surface area contributed by atoms with Crippen LogP contribution in [0.1, 0.15) is 12.8 Å². The molecule has 2 rings (SSSR count). The van der Waals surface area contributed by atoms with E-state index in [4.69, 9.17) is 0 Å². The Morgan fingerprint density at radius 1 is 1.41 bits per heavy atom. The normalized spacial score (nSPS) is 19.6. The molecule has 17 heavy (non-hydrogen) atoms. The van der Waals surface area contributed by atoms with Crippen LogP contribution < -0.4 is 0 Å². The number of carbonyl (C=O) groups is 1. The number of β-amino-alcohol motifs (C(OH)–C–C–N with tert-alkyl or cyclic N) is 1. The minimum atomic E-state index is -0.319. The lowest BCUT2D eigenvalue weighted by Crippen LogP contribution is -2.29. The van der Waals surface area contributed by atoms with Gasteiger partial charge in [-0.25, -0.2) is 0 Å². The van der Waals surface area contributed by atoms with Crippen LogP contribution in [0.25, 0.3) is 0 Å². The van der Waals surface area contributed by atoms with Crippen LogP contribution in [-0.4, -0.2) is 40.9 Å². The number of carbonyl (C=O) groups excluding carboxylic acids is 1. The third-order valence-corrected chi connectivity index (χ3v) is 3.86. The lowest BCUT2D eigenvalue weighted by Gasteiger charge is -2.15. The highest BCUT2D eigenvalue weighted by Gasteiger charge is 2.23. The van der Waals surface area contributed by atoms with Gasteiger partial charge in [0.1, 0.15) is 0 Å². The smallest absolute Gasteiger partial charge is 0.223 e. The van der Waals surface area contributed by atoms with Crippen LogP contribution in [0.4, 0.5) is 0 Å². The van der Waals surface area contributed by atoms with Crippen LogP contribution >= 0.6 is 11.8 Å². The maximum Gasteiger partial charge on any atom is 0.223 e. The summed E-state index contributed by atoms with van der Waals surface area (Å²) in [6.45, 7) is 1.21. The Morgan fingerprint density at radius 2 is 2.18 bits per heavy atom. The van der Waals surface area contributed by atoms with E-state index in [2.05, 4.69) is 12.1 Å². The van der Waals surface area contributed by atoms with Crippen molar-refractivity contribution in [3.63, 3.8) is 0 Å². The molecule has 1 aliphatic rings. The lowest BCUT2D eigenvalue weighted by atomic mass is 10.3. The van der Waals surface area contributed by atoms with Crippen LogP contribution in [-0.2, 0) is 4.79 Å². The summed E-state index contributed by atoms with van der Waals surface area (Å²) in [6.07, 6.45) is 0.949. The highest BCUT2D eigenvalue weighted by atomic mass is 32.2. The molecule has 0 aromatic heterocycles. The maximum absolute atomic E-state index is 11.8. The largest absolute Gasteiger partial charge is 0.391 e.